The molecule has 2 unspecified atom stereocenters. The Hall–Kier alpha value is -2.43. The Kier molecular flexibility index (Phi) is 8.28. The van der Waals surface area contributed by atoms with Gasteiger partial charge in [0.25, 0.3) is 0 Å². The standard InChI is InChI=1S/C25H38N2O7Si/c1-8-11-33-25(31)26-17(9-10-18(26)14-32-4)12-15(2)19-13-20-21(16(3)34-35(5,6)7)23(28)27(20)22(19)24(29)30/h8,12,16-18,20-21H,1,9-11,13-14H2,2-7H3,(H,29,30)/t16-,17?,18?,20-,21-/m1/s1. The maximum absolute atomic E-state index is 13.0. The SMILES string of the molecule is C=CCOC(=O)N1C(C=C(C)C2=C(C(=O)O)N3C(=O)[C@H]([C@@H](C)O[Si](C)(C)C)[C@H]3C2)CCC1COC. The molecule has 3 aliphatic heterocycles. The van der Waals surface area contributed by atoms with Crippen LogP contribution in [0.5, 0.6) is 0 Å². The number of methoxy groups -OCH3 is 1. The average molecular weight is 507 g/mol. The van der Waals surface area contributed by atoms with Gasteiger partial charge in [-0.1, -0.05) is 18.7 Å². The molecular formula is C25H38N2O7Si. The van der Waals surface area contributed by atoms with E-state index in [1.54, 1.807) is 12.0 Å². The van der Waals surface area contributed by atoms with E-state index in [0.29, 0.717) is 25.0 Å². The number of amides is 2. The molecule has 2 fully saturated rings. The van der Waals surface area contributed by atoms with Gasteiger partial charge in [0.1, 0.15) is 12.3 Å². The second-order valence-electron chi connectivity index (χ2n) is 10.4. The molecule has 3 aliphatic rings. The van der Waals surface area contributed by atoms with Crippen LogP contribution in [-0.2, 0) is 23.5 Å². The van der Waals surface area contributed by atoms with Gasteiger partial charge >= 0.3 is 12.1 Å². The molecule has 0 saturated carbocycles. The molecule has 3 rings (SSSR count). The minimum absolute atomic E-state index is 0.0393. The van der Waals surface area contributed by atoms with Crippen molar-refractivity contribution >= 4 is 26.3 Å². The average Bonchev–Trinajstić information content (AvgIpc) is 3.30. The lowest BCUT2D eigenvalue weighted by molar-refractivity contribution is -0.160. The number of allylic oxidation sites excluding steroid dienone is 1. The minimum Gasteiger partial charge on any atom is -0.477 e. The predicted molar refractivity (Wildman–Crippen MR) is 133 cm³/mol. The number of carbonyl (C=O) groups excluding carboxylic acids is 2. The summed E-state index contributed by atoms with van der Waals surface area (Å²) in [6, 6.07) is -0.617. The number of hydrogen-bond donors (Lipinski definition) is 1. The van der Waals surface area contributed by atoms with Gasteiger partial charge in [0.2, 0.25) is 5.91 Å². The van der Waals surface area contributed by atoms with Crippen LogP contribution in [0.15, 0.2) is 35.6 Å². The highest BCUT2D eigenvalue weighted by molar-refractivity contribution is 6.69. The van der Waals surface area contributed by atoms with Crippen molar-refractivity contribution in [1.29, 1.82) is 0 Å². The van der Waals surface area contributed by atoms with Crippen molar-refractivity contribution < 1.29 is 33.4 Å². The van der Waals surface area contributed by atoms with Crippen LogP contribution in [0, 0.1) is 5.92 Å². The number of likely N-dealkylation sites (tertiary alicyclic amines) is 1. The molecule has 10 heteroatoms. The van der Waals surface area contributed by atoms with E-state index in [4.69, 9.17) is 13.9 Å². The topological polar surface area (TPSA) is 106 Å². The summed E-state index contributed by atoms with van der Waals surface area (Å²) in [6.07, 6.45) is 4.63. The van der Waals surface area contributed by atoms with Gasteiger partial charge in [-0.15, -0.1) is 0 Å². The normalized spacial score (nSPS) is 27.6. The molecule has 9 nitrogen and oxygen atoms in total. The van der Waals surface area contributed by atoms with E-state index in [1.807, 2.05) is 19.9 Å². The number of carbonyl (C=O) groups is 3. The predicted octanol–water partition coefficient (Wildman–Crippen LogP) is 3.54. The van der Waals surface area contributed by atoms with Crippen molar-refractivity contribution in [2.45, 2.75) is 77.0 Å². The van der Waals surface area contributed by atoms with Gasteiger partial charge < -0.3 is 23.9 Å². The molecule has 0 bridgehead atoms. The van der Waals surface area contributed by atoms with Crippen LogP contribution < -0.4 is 0 Å². The van der Waals surface area contributed by atoms with Crippen molar-refractivity contribution in [1.82, 2.24) is 9.80 Å². The highest BCUT2D eigenvalue weighted by Gasteiger charge is 2.57. The number of hydrogen-bond acceptors (Lipinski definition) is 6. The van der Waals surface area contributed by atoms with E-state index in [9.17, 15) is 19.5 Å². The highest BCUT2D eigenvalue weighted by atomic mass is 28.4. The summed E-state index contributed by atoms with van der Waals surface area (Å²) in [7, 11) is -0.269. The minimum atomic E-state index is -1.86. The van der Waals surface area contributed by atoms with Crippen LogP contribution >= 0.6 is 0 Å². The molecule has 194 valence electrons. The zero-order valence-electron chi connectivity index (χ0n) is 21.6. The van der Waals surface area contributed by atoms with E-state index in [1.165, 1.54) is 11.0 Å². The number of carboxylic acid groups (broad SMARTS) is 1. The van der Waals surface area contributed by atoms with Crippen LogP contribution in [0.3, 0.4) is 0 Å². The first-order valence-corrected chi connectivity index (χ1v) is 15.5. The first-order chi connectivity index (χ1) is 16.4. The number of ether oxygens (including phenoxy) is 2. The summed E-state index contributed by atoms with van der Waals surface area (Å²) in [6.45, 7) is 14.1. The Morgan fingerprint density at radius 1 is 1.29 bits per heavy atom. The summed E-state index contributed by atoms with van der Waals surface area (Å²) in [5.41, 5.74) is 1.43. The summed E-state index contributed by atoms with van der Waals surface area (Å²) in [5, 5.41) is 9.98. The van der Waals surface area contributed by atoms with Crippen molar-refractivity contribution in [2.24, 2.45) is 5.92 Å². The molecule has 2 amide bonds. The zero-order chi connectivity index (χ0) is 26.1. The molecule has 0 aromatic carbocycles. The Morgan fingerprint density at radius 2 is 1.97 bits per heavy atom. The molecule has 3 heterocycles. The van der Waals surface area contributed by atoms with Gasteiger partial charge in [0, 0.05) is 7.11 Å². The number of β-lactam (4-membered cyclic amide) rings is 1. The Bertz CT molecular complexity index is 939. The van der Waals surface area contributed by atoms with Gasteiger partial charge in [0.15, 0.2) is 8.32 Å². The molecule has 0 aliphatic carbocycles. The van der Waals surface area contributed by atoms with E-state index >= 15 is 0 Å². The monoisotopic (exact) mass is 506 g/mol. The second kappa shape index (κ2) is 10.7. The van der Waals surface area contributed by atoms with E-state index < -0.39 is 20.4 Å². The zero-order valence-corrected chi connectivity index (χ0v) is 22.6. The smallest absolute Gasteiger partial charge is 0.410 e. The van der Waals surface area contributed by atoms with Gasteiger partial charge in [0.05, 0.1) is 36.8 Å². The fourth-order valence-corrected chi connectivity index (χ4v) is 6.81. The lowest BCUT2D eigenvalue weighted by Gasteiger charge is -2.47. The van der Waals surface area contributed by atoms with Gasteiger partial charge in [-0.3, -0.25) is 9.69 Å². The van der Waals surface area contributed by atoms with Gasteiger partial charge in [-0.2, -0.15) is 0 Å². The van der Waals surface area contributed by atoms with Crippen molar-refractivity contribution in [2.75, 3.05) is 20.3 Å². The fraction of sp³-hybridized carbons (Fsp3) is 0.640. The molecule has 1 N–H and O–H groups in total. The van der Waals surface area contributed by atoms with Crippen molar-refractivity contribution in [3.05, 3.63) is 35.6 Å². The molecule has 0 aromatic heterocycles. The molecule has 5 atom stereocenters. The lowest BCUT2D eigenvalue weighted by atomic mass is 9.82. The first-order valence-electron chi connectivity index (χ1n) is 12.1. The fourth-order valence-electron chi connectivity index (χ4n) is 5.55. The number of rotatable bonds is 10. The molecule has 35 heavy (non-hydrogen) atoms. The lowest BCUT2D eigenvalue weighted by Crippen LogP contribution is -2.63. The van der Waals surface area contributed by atoms with Crippen LogP contribution in [0.2, 0.25) is 19.6 Å². The number of nitrogens with zero attached hydrogens (tertiary/aromatic N) is 2. The van der Waals surface area contributed by atoms with Crippen molar-refractivity contribution in [3.8, 4) is 0 Å². The molecule has 0 spiro atoms. The highest BCUT2D eigenvalue weighted by Crippen LogP contribution is 2.46. The second-order valence-corrected chi connectivity index (χ2v) is 14.9. The molecule has 2 saturated heterocycles. The maximum atomic E-state index is 13.0. The third-order valence-corrected chi connectivity index (χ3v) is 7.89. The maximum Gasteiger partial charge on any atom is 0.410 e. The number of fused-ring (bicyclic) bond motifs is 1. The van der Waals surface area contributed by atoms with Crippen molar-refractivity contribution in [3.63, 3.8) is 0 Å². The van der Waals surface area contributed by atoms with Crippen LogP contribution in [-0.4, -0.2) is 85.7 Å². The third kappa shape index (κ3) is 5.54. The first kappa shape index (κ1) is 27.2. The quantitative estimate of drug-likeness (QED) is 0.274. The summed E-state index contributed by atoms with van der Waals surface area (Å²) < 4.78 is 16.8. The third-order valence-electron chi connectivity index (χ3n) is 6.82. The van der Waals surface area contributed by atoms with Crippen LogP contribution in [0.1, 0.15) is 33.1 Å². The van der Waals surface area contributed by atoms with Gasteiger partial charge in [-0.05, 0) is 63.9 Å². The van der Waals surface area contributed by atoms with E-state index in [2.05, 4.69) is 26.2 Å². The molecule has 0 aromatic rings. The largest absolute Gasteiger partial charge is 0.477 e. The molecule has 0 radical (unpaired) electrons. The number of carboxylic acids is 1. The van der Waals surface area contributed by atoms with Crippen LogP contribution in [0.25, 0.3) is 0 Å². The Morgan fingerprint density at radius 3 is 2.54 bits per heavy atom. The van der Waals surface area contributed by atoms with Gasteiger partial charge in [-0.25, -0.2) is 9.59 Å². The molecular weight excluding hydrogens is 468 g/mol. The summed E-state index contributed by atoms with van der Waals surface area (Å²) in [5.74, 6) is -1.67. The van der Waals surface area contributed by atoms with E-state index in [0.717, 1.165) is 12.0 Å². The summed E-state index contributed by atoms with van der Waals surface area (Å²) in [4.78, 5) is 41.1. The van der Waals surface area contributed by atoms with E-state index in [-0.39, 0.29) is 48.4 Å². The Labute approximate surface area is 208 Å². The number of aliphatic carboxylic acids is 1. The van der Waals surface area contributed by atoms with Crippen LogP contribution in [0.4, 0.5) is 4.79 Å². The Balaban J connectivity index is 1.86. The summed E-state index contributed by atoms with van der Waals surface area (Å²) >= 11 is 0.